The Bertz CT molecular complexity index is 1440. The van der Waals surface area contributed by atoms with Crippen molar-refractivity contribution in [1.82, 2.24) is 19.6 Å². The first-order valence-electron chi connectivity index (χ1n) is 10.6. The van der Waals surface area contributed by atoms with Gasteiger partial charge < -0.3 is 32.2 Å². The van der Waals surface area contributed by atoms with Gasteiger partial charge in [-0.15, -0.1) is 11.8 Å². The van der Waals surface area contributed by atoms with E-state index in [2.05, 4.69) is 19.8 Å². The van der Waals surface area contributed by atoms with E-state index in [0.717, 1.165) is 16.4 Å². The standard InChI is InChI=1S/C20H18N8O8S2/c21-14(31)9-1-2-27(4-7(9)3-10(29)30)5-8-6-37-18-12(17(33)28(18)13(8)19(34)35)23-16(32)11(25-36)15-24-20(22)38-26-15/h1-2,4,12,18H,3,5-6H2,(H7-,21,22,23,24,26,29,30,31,32,34,35,36)/p+1/t12-,18+/m1/s1. The lowest BCUT2D eigenvalue weighted by Crippen LogP contribution is -2.71. The number of fused-ring (bicyclic) bond motifs is 1. The van der Waals surface area contributed by atoms with E-state index in [9.17, 15) is 34.3 Å². The van der Waals surface area contributed by atoms with Crippen LogP contribution in [0, 0.1) is 0 Å². The highest BCUT2D eigenvalue weighted by molar-refractivity contribution is 8.00. The molecule has 1 saturated heterocycles. The van der Waals surface area contributed by atoms with E-state index in [4.69, 9.17) is 16.6 Å². The number of nitrogen functional groups attached to an aromatic ring is 1. The van der Waals surface area contributed by atoms with Crippen LogP contribution >= 0.6 is 23.3 Å². The molecule has 8 N–H and O–H groups in total. The lowest BCUT2D eigenvalue weighted by molar-refractivity contribution is -0.689. The van der Waals surface area contributed by atoms with Gasteiger partial charge in [0.1, 0.15) is 17.1 Å². The third-order valence-electron chi connectivity index (χ3n) is 5.59. The molecule has 2 aromatic rings. The second-order valence-electron chi connectivity index (χ2n) is 8.01. The smallest absolute Gasteiger partial charge is 0.352 e. The number of nitrogens with zero attached hydrogens (tertiary/aromatic N) is 5. The quantitative estimate of drug-likeness (QED) is 0.0622. The second-order valence-corrected chi connectivity index (χ2v) is 9.90. The normalized spacial score (nSPS) is 19.0. The van der Waals surface area contributed by atoms with Crippen LogP contribution in [0.4, 0.5) is 5.13 Å². The number of pyridine rings is 1. The number of amides is 3. The fourth-order valence-corrected chi connectivity index (χ4v) is 5.76. The molecule has 2 aromatic heterocycles. The zero-order valence-corrected chi connectivity index (χ0v) is 20.7. The van der Waals surface area contributed by atoms with Gasteiger partial charge in [0, 0.05) is 34.5 Å². The van der Waals surface area contributed by atoms with Gasteiger partial charge in [-0.25, -0.2) is 9.36 Å². The zero-order valence-electron chi connectivity index (χ0n) is 19.1. The van der Waals surface area contributed by atoms with Crippen LogP contribution in [0.25, 0.3) is 0 Å². The number of carbonyl (C=O) groups excluding carboxylic acids is 3. The van der Waals surface area contributed by atoms with E-state index < -0.39 is 53.2 Å². The highest BCUT2D eigenvalue weighted by Gasteiger charge is 2.55. The first kappa shape index (κ1) is 26.5. The van der Waals surface area contributed by atoms with E-state index in [1.165, 1.54) is 34.8 Å². The Hall–Kier alpha value is -4.58. The van der Waals surface area contributed by atoms with Crippen molar-refractivity contribution in [3.63, 3.8) is 0 Å². The van der Waals surface area contributed by atoms with Gasteiger partial charge in [-0.3, -0.25) is 24.1 Å². The predicted octanol–water partition coefficient (Wildman–Crippen LogP) is -2.25. The highest BCUT2D eigenvalue weighted by Crippen LogP contribution is 2.40. The summed E-state index contributed by atoms with van der Waals surface area (Å²) >= 11 is 1.97. The maximum absolute atomic E-state index is 12.9. The number of nitrogens with two attached hydrogens (primary N) is 2. The minimum atomic E-state index is -1.37. The Morgan fingerprint density at radius 1 is 1.29 bits per heavy atom. The molecule has 2 aliphatic heterocycles. The van der Waals surface area contributed by atoms with Crippen molar-refractivity contribution in [2.75, 3.05) is 11.5 Å². The van der Waals surface area contributed by atoms with Gasteiger partial charge >= 0.3 is 11.9 Å². The molecular formula is C20H19N8O8S2+. The number of thioether (sulfide) groups is 1. The molecule has 0 unspecified atom stereocenters. The molecule has 1 fully saturated rings. The number of rotatable bonds is 9. The summed E-state index contributed by atoms with van der Waals surface area (Å²) in [5, 5.41) is 32.8. The second kappa shape index (κ2) is 10.4. The Morgan fingerprint density at radius 2 is 2.03 bits per heavy atom. The fraction of sp³-hybridized carbons (Fsp3) is 0.250. The van der Waals surface area contributed by atoms with Crippen molar-refractivity contribution < 1.29 is 44.0 Å². The van der Waals surface area contributed by atoms with E-state index in [-0.39, 0.29) is 40.1 Å². The van der Waals surface area contributed by atoms with E-state index >= 15 is 0 Å². The molecule has 0 spiro atoms. The van der Waals surface area contributed by atoms with E-state index in [0.29, 0.717) is 5.57 Å². The number of hydrogen-bond acceptors (Lipinski definition) is 12. The summed E-state index contributed by atoms with van der Waals surface area (Å²) in [6, 6.07) is 0.229. The lowest BCUT2D eigenvalue weighted by Gasteiger charge is -2.49. The molecule has 0 radical (unpaired) electrons. The molecule has 38 heavy (non-hydrogen) atoms. The van der Waals surface area contributed by atoms with Gasteiger partial charge in [0.2, 0.25) is 17.4 Å². The number of carbonyl (C=O) groups is 5. The molecule has 4 heterocycles. The monoisotopic (exact) mass is 563 g/mol. The molecular weight excluding hydrogens is 544 g/mol. The molecule has 0 aromatic carbocycles. The maximum atomic E-state index is 12.9. The first-order chi connectivity index (χ1) is 18.0. The highest BCUT2D eigenvalue weighted by atomic mass is 32.2. The number of oxime groups is 1. The van der Waals surface area contributed by atoms with Crippen molar-refractivity contribution in [3.8, 4) is 0 Å². The Labute approximate surface area is 220 Å². The zero-order chi connectivity index (χ0) is 27.7. The van der Waals surface area contributed by atoms with Crippen LogP contribution < -0.4 is 21.4 Å². The number of aromatic nitrogens is 3. The van der Waals surface area contributed by atoms with Gasteiger partial charge in [-0.2, -0.15) is 9.36 Å². The van der Waals surface area contributed by atoms with Crippen LogP contribution in [-0.2, 0) is 32.1 Å². The number of carboxylic acids is 2. The molecule has 0 bridgehead atoms. The summed E-state index contributed by atoms with van der Waals surface area (Å²) in [6.07, 6.45) is 2.35. The fourth-order valence-electron chi connectivity index (χ4n) is 3.99. The van der Waals surface area contributed by atoms with E-state index in [1.54, 1.807) is 0 Å². The van der Waals surface area contributed by atoms with Crippen molar-refractivity contribution in [2.45, 2.75) is 24.4 Å². The summed E-state index contributed by atoms with van der Waals surface area (Å²) in [6.45, 7) is -0.0218. The average Bonchev–Trinajstić information content (AvgIpc) is 3.27. The number of aliphatic carboxylic acids is 2. The third-order valence-corrected chi connectivity index (χ3v) is 7.47. The van der Waals surface area contributed by atoms with Gasteiger partial charge in [0.25, 0.3) is 11.8 Å². The Balaban J connectivity index is 1.55. The first-order valence-corrected chi connectivity index (χ1v) is 12.4. The van der Waals surface area contributed by atoms with Crippen molar-refractivity contribution in [3.05, 3.63) is 46.7 Å². The van der Waals surface area contributed by atoms with Crippen molar-refractivity contribution in [1.29, 1.82) is 0 Å². The van der Waals surface area contributed by atoms with Crippen LogP contribution in [-0.4, -0.2) is 82.2 Å². The number of β-lactam (4-membered cyclic amide) rings is 1. The summed E-state index contributed by atoms with van der Waals surface area (Å²) in [7, 11) is 0. The van der Waals surface area contributed by atoms with Crippen LogP contribution in [0.3, 0.4) is 0 Å². The number of anilines is 1. The van der Waals surface area contributed by atoms with Gasteiger partial charge in [-0.05, 0) is 0 Å². The minimum Gasteiger partial charge on any atom is -0.481 e. The molecule has 3 amide bonds. The topological polar surface area (TPSA) is 255 Å². The van der Waals surface area contributed by atoms with Gasteiger partial charge in [-0.1, -0.05) is 5.16 Å². The number of primary amides is 1. The van der Waals surface area contributed by atoms with Crippen LogP contribution in [0.5, 0.6) is 0 Å². The number of hydrogen-bond donors (Lipinski definition) is 6. The Kier molecular flexibility index (Phi) is 7.26. The van der Waals surface area contributed by atoms with Crippen LogP contribution in [0.1, 0.15) is 21.7 Å². The van der Waals surface area contributed by atoms with E-state index in [1.807, 2.05) is 0 Å². The van der Waals surface area contributed by atoms with Gasteiger partial charge in [0.05, 0.1) is 12.0 Å². The van der Waals surface area contributed by atoms with Crippen molar-refractivity contribution in [2.24, 2.45) is 10.9 Å². The molecule has 4 rings (SSSR count). The SMILES string of the molecule is NC(=O)c1cc[n+](CC2=C(C(=O)O)N3C(=O)[C@@H](NC(=O)/C(=N\O)c4nsc(N)n4)[C@@H]3SC2)cc1CC(=O)O. The molecule has 16 nitrogen and oxygen atoms in total. The number of nitrogens with one attached hydrogen (secondary N) is 1. The molecule has 0 saturated carbocycles. The summed E-state index contributed by atoms with van der Waals surface area (Å²) in [4.78, 5) is 65.3. The van der Waals surface area contributed by atoms with Crippen LogP contribution in [0.2, 0.25) is 0 Å². The lowest BCUT2D eigenvalue weighted by atomic mass is 10.0. The third kappa shape index (κ3) is 4.98. The summed E-state index contributed by atoms with van der Waals surface area (Å²) < 4.78 is 5.28. The number of carboxylic acid groups (broad SMARTS) is 2. The average molecular weight is 564 g/mol. The largest absolute Gasteiger partial charge is 0.481 e. The molecule has 198 valence electrons. The maximum Gasteiger partial charge on any atom is 0.352 e. The molecule has 2 atom stereocenters. The Morgan fingerprint density at radius 3 is 2.61 bits per heavy atom. The predicted molar refractivity (Wildman–Crippen MR) is 129 cm³/mol. The van der Waals surface area contributed by atoms with Crippen LogP contribution in [0.15, 0.2) is 34.9 Å². The molecule has 0 aliphatic carbocycles. The summed E-state index contributed by atoms with van der Waals surface area (Å²) in [5.41, 5.74) is 10.5. The summed E-state index contributed by atoms with van der Waals surface area (Å²) in [5.74, 6) is -5.09. The molecule has 18 heteroatoms. The van der Waals surface area contributed by atoms with Crippen molar-refractivity contribution >= 4 is 63.8 Å². The van der Waals surface area contributed by atoms with Gasteiger partial charge in [0.15, 0.2) is 24.1 Å². The molecule has 2 aliphatic rings. The minimum absolute atomic E-state index is 0.0204.